The standard InChI is InChI=1S/C21H25N3O3/c1-7-13-16(19(27-23-13)21(2,3)4)17-15(18(25)20(26)24(5)6)12-10-8-9-11-14(12)22-17/h8-11,22H,7H2,1-6H3. The number of Topliss-reactive ketones (excluding diaryl/α,β-unsaturated/α-hetero) is 1. The van der Waals surface area contributed by atoms with Crippen molar-refractivity contribution in [3.05, 3.63) is 41.3 Å². The molecule has 2 aromatic heterocycles. The SMILES string of the molecule is CCc1noc(C(C)(C)C)c1-c1[nH]c2ccccc2c1C(=O)C(=O)N(C)C. The Morgan fingerprint density at radius 3 is 2.44 bits per heavy atom. The lowest BCUT2D eigenvalue weighted by Crippen LogP contribution is -2.30. The maximum atomic E-state index is 13.1. The highest BCUT2D eigenvalue weighted by Gasteiger charge is 2.33. The van der Waals surface area contributed by atoms with E-state index < -0.39 is 11.7 Å². The third-order valence-corrected chi connectivity index (χ3v) is 4.56. The van der Waals surface area contributed by atoms with E-state index in [1.54, 1.807) is 14.1 Å². The predicted octanol–water partition coefficient (Wildman–Crippen LogP) is 3.95. The molecule has 0 aliphatic heterocycles. The fourth-order valence-electron chi connectivity index (χ4n) is 3.21. The normalized spacial score (nSPS) is 11.8. The van der Waals surface area contributed by atoms with Crippen molar-refractivity contribution in [3.63, 3.8) is 0 Å². The van der Waals surface area contributed by atoms with E-state index >= 15 is 0 Å². The van der Waals surface area contributed by atoms with Crippen LogP contribution in [-0.4, -0.2) is 40.8 Å². The number of amides is 1. The molecule has 0 aliphatic rings. The summed E-state index contributed by atoms with van der Waals surface area (Å²) in [6.07, 6.45) is 0.652. The molecule has 1 amide bonds. The lowest BCUT2D eigenvalue weighted by Gasteiger charge is -2.17. The molecular formula is C21H25N3O3. The molecule has 142 valence electrons. The number of hydrogen-bond donors (Lipinski definition) is 1. The van der Waals surface area contributed by atoms with Crippen LogP contribution in [0.4, 0.5) is 0 Å². The van der Waals surface area contributed by atoms with Gasteiger partial charge in [-0.05, 0) is 12.5 Å². The van der Waals surface area contributed by atoms with E-state index in [0.29, 0.717) is 23.4 Å². The number of fused-ring (bicyclic) bond motifs is 1. The second-order valence-corrected chi connectivity index (χ2v) is 7.89. The second kappa shape index (κ2) is 6.68. The van der Waals surface area contributed by atoms with Crippen molar-refractivity contribution >= 4 is 22.6 Å². The molecule has 0 bridgehead atoms. The van der Waals surface area contributed by atoms with E-state index in [9.17, 15) is 9.59 Å². The van der Waals surface area contributed by atoms with Gasteiger partial charge in [-0.15, -0.1) is 0 Å². The Morgan fingerprint density at radius 1 is 1.19 bits per heavy atom. The predicted molar refractivity (Wildman–Crippen MR) is 105 cm³/mol. The molecule has 6 nitrogen and oxygen atoms in total. The van der Waals surface area contributed by atoms with Crippen LogP contribution in [0, 0.1) is 0 Å². The monoisotopic (exact) mass is 367 g/mol. The lowest BCUT2D eigenvalue weighted by molar-refractivity contribution is -0.124. The molecule has 0 saturated heterocycles. The summed E-state index contributed by atoms with van der Waals surface area (Å²) in [5.41, 5.74) is 2.99. The number of aromatic nitrogens is 2. The average Bonchev–Trinajstić information content (AvgIpc) is 3.20. The summed E-state index contributed by atoms with van der Waals surface area (Å²) in [5.74, 6) is -0.416. The van der Waals surface area contributed by atoms with Crippen molar-refractivity contribution in [1.82, 2.24) is 15.0 Å². The smallest absolute Gasteiger partial charge is 0.294 e. The molecule has 0 unspecified atom stereocenters. The zero-order valence-electron chi connectivity index (χ0n) is 16.6. The Labute approximate surface area is 158 Å². The first kappa shape index (κ1) is 18.9. The summed E-state index contributed by atoms with van der Waals surface area (Å²) >= 11 is 0. The molecule has 0 saturated carbocycles. The fraction of sp³-hybridized carbons (Fsp3) is 0.381. The first-order valence-electron chi connectivity index (χ1n) is 9.02. The first-order valence-corrected chi connectivity index (χ1v) is 9.02. The van der Waals surface area contributed by atoms with Gasteiger partial charge in [-0.25, -0.2) is 0 Å². The first-order chi connectivity index (χ1) is 12.7. The number of aryl methyl sites for hydroxylation is 1. The van der Waals surface area contributed by atoms with Crippen molar-refractivity contribution < 1.29 is 14.1 Å². The van der Waals surface area contributed by atoms with Gasteiger partial charge in [0.2, 0.25) is 0 Å². The van der Waals surface area contributed by atoms with E-state index in [-0.39, 0.29) is 5.41 Å². The number of carbonyl (C=O) groups excluding carboxylic acids is 2. The molecule has 27 heavy (non-hydrogen) atoms. The summed E-state index contributed by atoms with van der Waals surface area (Å²) in [6, 6.07) is 7.49. The second-order valence-electron chi connectivity index (χ2n) is 7.89. The molecule has 3 aromatic rings. The topological polar surface area (TPSA) is 79.2 Å². The van der Waals surface area contributed by atoms with Crippen LogP contribution in [0.2, 0.25) is 0 Å². The quantitative estimate of drug-likeness (QED) is 0.559. The maximum Gasteiger partial charge on any atom is 0.294 e. The Morgan fingerprint density at radius 2 is 1.85 bits per heavy atom. The van der Waals surface area contributed by atoms with Gasteiger partial charge in [-0.2, -0.15) is 0 Å². The van der Waals surface area contributed by atoms with Gasteiger partial charge in [0.25, 0.3) is 11.7 Å². The van der Waals surface area contributed by atoms with Crippen molar-refractivity contribution in [3.8, 4) is 11.3 Å². The molecule has 0 aliphatic carbocycles. The summed E-state index contributed by atoms with van der Waals surface area (Å²) in [6.45, 7) is 8.09. The van der Waals surface area contributed by atoms with Gasteiger partial charge in [0, 0.05) is 30.4 Å². The van der Waals surface area contributed by atoms with Crippen molar-refractivity contribution in [2.75, 3.05) is 14.1 Å². The van der Waals surface area contributed by atoms with Gasteiger partial charge >= 0.3 is 0 Å². The number of H-pyrrole nitrogens is 1. The molecule has 0 spiro atoms. The fourth-order valence-corrected chi connectivity index (χ4v) is 3.21. The number of aromatic amines is 1. The van der Waals surface area contributed by atoms with Gasteiger partial charge in [0.05, 0.1) is 22.5 Å². The van der Waals surface area contributed by atoms with Crippen molar-refractivity contribution in [2.45, 2.75) is 39.5 Å². The van der Waals surface area contributed by atoms with Gasteiger partial charge in [0.1, 0.15) is 0 Å². The van der Waals surface area contributed by atoms with Crippen LogP contribution in [0.25, 0.3) is 22.2 Å². The number of benzene rings is 1. The van der Waals surface area contributed by atoms with Crippen LogP contribution in [0.3, 0.4) is 0 Å². The van der Waals surface area contributed by atoms with Gasteiger partial charge in [0.15, 0.2) is 5.76 Å². The van der Waals surface area contributed by atoms with Gasteiger partial charge in [-0.1, -0.05) is 51.1 Å². The van der Waals surface area contributed by atoms with Gasteiger partial charge in [-0.3, -0.25) is 9.59 Å². The largest absolute Gasteiger partial charge is 0.360 e. The molecule has 6 heteroatoms. The molecule has 1 N–H and O–H groups in total. The summed E-state index contributed by atoms with van der Waals surface area (Å²) < 4.78 is 5.67. The number of likely N-dealkylation sites (N-methyl/N-ethyl adjacent to an activating group) is 1. The minimum absolute atomic E-state index is 0.307. The number of para-hydroxylation sites is 1. The van der Waals surface area contributed by atoms with Crippen molar-refractivity contribution in [1.29, 1.82) is 0 Å². The average molecular weight is 367 g/mol. The highest BCUT2D eigenvalue weighted by Crippen LogP contribution is 2.39. The lowest BCUT2D eigenvalue weighted by atomic mass is 9.87. The molecule has 0 fully saturated rings. The van der Waals surface area contributed by atoms with Gasteiger partial charge < -0.3 is 14.4 Å². The Kier molecular flexibility index (Phi) is 4.68. The highest BCUT2D eigenvalue weighted by atomic mass is 16.5. The van der Waals surface area contributed by atoms with Crippen LogP contribution < -0.4 is 0 Å². The minimum atomic E-state index is -0.562. The molecule has 2 heterocycles. The van der Waals surface area contributed by atoms with E-state index in [0.717, 1.165) is 22.2 Å². The summed E-state index contributed by atoms with van der Waals surface area (Å²) in [4.78, 5) is 30.2. The third kappa shape index (κ3) is 3.16. The van der Waals surface area contributed by atoms with Crippen LogP contribution in [0.1, 0.15) is 49.5 Å². The van der Waals surface area contributed by atoms with Crippen molar-refractivity contribution in [2.24, 2.45) is 0 Å². The molecule has 0 atom stereocenters. The Balaban J connectivity index is 2.37. The van der Waals surface area contributed by atoms with E-state index in [4.69, 9.17) is 4.52 Å². The number of nitrogens with one attached hydrogen (secondary N) is 1. The summed E-state index contributed by atoms with van der Waals surface area (Å²) in [5, 5.41) is 4.94. The van der Waals surface area contributed by atoms with Crippen LogP contribution in [0.15, 0.2) is 28.8 Å². The third-order valence-electron chi connectivity index (χ3n) is 4.56. The number of rotatable bonds is 4. The highest BCUT2D eigenvalue weighted by molar-refractivity contribution is 6.46. The van der Waals surface area contributed by atoms with Crippen LogP contribution in [0.5, 0.6) is 0 Å². The molecule has 3 rings (SSSR count). The number of ketones is 1. The Hall–Kier alpha value is -2.89. The van der Waals surface area contributed by atoms with Crippen LogP contribution >= 0.6 is 0 Å². The number of nitrogens with zero attached hydrogens (tertiary/aromatic N) is 2. The number of hydrogen-bond acceptors (Lipinski definition) is 4. The van der Waals surface area contributed by atoms with Crippen LogP contribution in [-0.2, 0) is 16.6 Å². The van der Waals surface area contributed by atoms with E-state index in [1.165, 1.54) is 4.90 Å². The van der Waals surface area contributed by atoms with E-state index in [1.807, 2.05) is 52.0 Å². The molecule has 1 aromatic carbocycles. The molecule has 0 radical (unpaired) electrons. The number of carbonyl (C=O) groups is 2. The zero-order chi connectivity index (χ0) is 19.9. The van der Waals surface area contributed by atoms with E-state index in [2.05, 4.69) is 10.1 Å². The molecular weight excluding hydrogens is 342 g/mol. The maximum absolute atomic E-state index is 13.1. The summed E-state index contributed by atoms with van der Waals surface area (Å²) in [7, 11) is 3.15. The zero-order valence-corrected chi connectivity index (χ0v) is 16.6. The Bertz CT molecular complexity index is 1020. The minimum Gasteiger partial charge on any atom is -0.360 e.